The molecule has 1 amide bonds. The molecule has 0 aliphatic heterocycles. The minimum Gasteiger partial charge on any atom is -0.394 e. The van der Waals surface area contributed by atoms with Crippen LogP contribution >= 0.6 is 0 Å². The van der Waals surface area contributed by atoms with E-state index in [1.807, 2.05) is 13.8 Å². The second-order valence-electron chi connectivity index (χ2n) is 4.14. The smallest absolute Gasteiger partial charge is 0.223 e. The van der Waals surface area contributed by atoms with Crippen molar-refractivity contribution in [2.24, 2.45) is 5.92 Å². The Bertz CT molecular complexity index is 196. The van der Waals surface area contributed by atoms with Crippen molar-refractivity contribution >= 4 is 5.91 Å². The van der Waals surface area contributed by atoms with Crippen LogP contribution < -0.4 is 5.32 Å². The number of aliphatic hydroxyl groups is 3. The summed E-state index contributed by atoms with van der Waals surface area (Å²) in [4.78, 5) is 11.8. The van der Waals surface area contributed by atoms with E-state index in [2.05, 4.69) is 5.32 Å². The Morgan fingerprint density at radius 3 is 2.00 bits per heavy atom. The minimum absolute atomic E-state index is 0.131. The van der Waals surface area contributed by atoms with Gasteiger partial charge in [0, 0.05) is 5.92 Å². The number of carbonyl (C=O) groups is 1. The van der Waals surface area contributed by atoms with Crippen molar-refractivity contribution in [3.8, 4) is 0 Å². The van der Waals surface area contributed by atoms with E-state index >= 15 is 0 Å². The number of aliphatic hydroxyl groups excluding tert-OH is 3. The van der Waals surface area contributed by atoms with E-state index in [4.69, 9.17) is 15.3 Å². The van der Waals surface area contributed by atoms with E-state index in [1.165, 1.54) is 0 Å². The van der Waals surface area contributed by atoms with Gasteiger partial charge in [-0.05, 0) is 12.8 Å². The molecule has 0 aromatic rings. The third kappa shape index (κ3) is 4.08. The maximum atomic E-state index is 11.8. The van der Waals surface area contributed by atoms with Gasteiger partial charge in [-0.15, -0.1) is 0 Å². The van der Waals surface area contributed by atoms with Crippen LogP contribution in [0.3, 0.4) is 0 Å². The Balaban J connectivity index is 4.48. The van der Waals surface area contributed by atoms with Gasteiger partial charge in [-0.2, -0.15) is 0 Å². The number of hydrogen-bond acceptors (Lipinski definition) is 4. The van der Waals surface area contributed by atoms with Crippen LogP contribution in [0, 0.1) is 5.92 Å². The van der Waals surface area contributed by atoms with E-state index in [9.17, 15) is 4.79 Å². The third-order valence-electron chi connectivity index (χ3n) is 2.80. The van der Waals surface area contributed by atoms with Crippen molar-refractivity contribution in [1.29, 1.82) is 0 Å². The predicted octanol–water partition coefficient (Wildman–Crippen LogP) is -0.355. The minimum atomic E-state index is -1.31. The van der Waals surface area contributed by atoms with Crippen molar-refractivity contribution in [2.75, 3.05) is 19.8 Å². The molecule has 16 heavy (non-hydrogen) atoms. The van der Waals surface area contributed by atoms with Crippen molar-refractivity contribution in [3.05, 3.63) is 0 Å². The van der Waals surface area contributed by atoms with Gasteiger partial charge in [0.15, 0.2) is 0 Å². The number of rotatable bonds is 8. The van der Waals surface area contributed by atoms with Crippen LogP contribution in [0.2, 0.25) is 0 Å². The summed E-state index contributed by atoms with van der Waals surface area (Å²) in [6.45, 7) is 2.47. The van der Waals surface area contributed by atoms with Gasteiger partial charge in [0.2, 0.25) is 5.91 Å². The number of hydrogen-bond donors (Lipinski definition) is 4. The zero-order valence-corrected chi connectivity index (χ0v) is 10.1. The fourth-order valence-corrected chi connectivity index (χ4v) is 1.50. The van der Waals surface area contributed by atoms with Crippen LogP contribution in [-0.4, -0.2) is 46.6 Å². The zero-order chi connectivity index (χ0) is 12.6. The molecule has 0 saturated carbocycles. The Labute approximate surface area is 96.5 Å². The maximum Gasteiger partial charge on any atom is 0.223 e. The normalized spacial score (nSPS) is 13.6. The van der Waals surface area contributed by atoms with E-state index in [1.54, 1.807) is 0 Å². The van der Waals surface area contributed by atoms with Gasteiger partial charge in [0.05, 0.1) is 19.8 Å². The molecule has 0 radical (unpaired) electrons. The molecule has 0 aliphatic carbocycles. The molecule has 0 fully saturated rings. The fraction of sp³-hybridized carbons (Fsp3) is 0.909. The van der Waals surface area contributed by atoms with Crippen LogP contribution in [0.5, 0.6) is 0 Å². The summed E-state index contributed by atoms with van der Waals surface area (Å²) >= 11 is 0. The fourth-order valence-electron chi connectivity index (χ4n) is 1.50. The molecule has 0 aromatic heterocycles. The molecule has 1 atom stereocenters. The highest BCUT2D eigenvalue weighted by atomic mass is 16.3. The Morgan fingerprint density at radius 1 is 1.19 bits per heavy atom. The third-order valence-corrected chi connectivity index (χ3v) is 2.80. The van der Waals surface area contributed by atoms with Crippen LogP contribution in [0.4, 0.5) is 0 Å². The lowest BCUT2D eigenvalue weighted by Gasteiger charge is -2.30. The highest BCUT2D eigenvalue weighted by molar-refractivity contribution is 5.79. The highest BCUT2D eigenvalue weighted by Crippen LogP contribution is 2.13. The summed E-state index contributed by atoms with van der Waals surface area (Å²) < 4.78 is 0. The van der Waals surface area contributed by atoms with Crippen LogP contribution in [0.1, 0.15) is 33.1 Å². The molecule has 0 aromatic carbocycles. The molecular weight excluding hydrogens is 210 g/mol. The Kier molecular flexibility index (Phi) is 7.29. The van der Waals surface area contributed by atoms with Gasteiger partial charge in [-0.25, -0.2) is 0 Å². The largest absolute Gasteiger partial charge is 0.394 e. The van der Waals surface area contributed by atoms with Crippen molar-refractivity contribution in [2.45, 2.75) is 38.6 Å². The molecule has 0 saturated heterocycles. The molecule has 0 spiro atoms. The standard InChI is InChI=1S/C11H23NO4/c1-3-5-9(4-2)10(16)12-11(6-13,7-14)8-15/h9,13-15H,3-8H2,1-2H3,(H,12,16). The second-order valence-corrected chi connectivity index (χ2v) is 4.14. The first-order chi connectivity index (χ1) is 7.59. The topological polar surface area (TPSA) is 89.8 Å². The lowest BCUT2D eigenvalue weighted by molar-refractivity contribution is -0.129. The van der Waals surface area contributed by atoms with Crippen molar-refractivity contribution < 1.29 is 20.1 Å². The first-order valence-corrected chi connectivity index (χ1v) is 5.73. The van der Waals surface area contributed by atoms with Gasteiger partial charge in [-0.3, -0.25) is 4.79 Å². The average Bonchev–Trinajstić information content (AvgIpc) is 2.33. The summed E-state index contributed by atoms with van der Waals surface area (Å²) in [7, 11) is 0. The molecule has 1 unspecified atom stereocenters. The van der Waals surface area contributed by atoms with E-state index < -0.39 is 25.4 Å². The average molecular weight is 233 g/mol. The molecular formula is C11H23NO4. The van der Waals surface area contributed by atoms with E-state index in [-0.39, 0.29) is 11.8 Å². The Hall–Kier alpha value is -0.650. The van der Waals surface area contributed by atoms with Crippen LogP contribution in [0.25, 0.3) is 0 Å². The second kappa shape index (κ2) is 7.60. The van der Waals surface area contributed by atoms with Crippen LogP contribution in [0.15, 0.2) is 0 Å². The molecule has 0 heterocycles. The van der Waals surface area contributed by atoms with Crippen molar-refractivity contribution in [3.63, 3.8) is 0 Å². The molecule has 0 bridgehead atoms. The first-order valence-electron chi connectivity index (χ1n) is 5.73. The first kappa shape index (κ1) is 15.3. The van der Waals surface area contributed by atoms with E-state index in [0.717, 1.165) is 12.8 Å². The lowest BCUT2D eigenvalue weighted by Crippen LogP contribution is -2.58. The number of amides is 1. The summed E-state index contributed by atoms with van der Waals surface area (Å²) in [5, 5.41) is 29.8. The molecule has 5 nitrogen and oxygen atoms in total. The summed E-state index contributed by atoms with van der Waals surface area (Å²) in [6.07, 6.45) is 2.37. The van der Waals surface area contributed by atoms with Gasteiger partial charge < -0.3 is 20.6 Å². The van der Waals surface area contributed by atoms with Gasteiger partial charge in [-0.1, -0.05) is 20.3 Å². The monoisotopic (exact) mass is 233 g/mol. The molecule has 96 valence electrons. The molecule has 0 aliphatic rings. The van der Waals surface area contributed by atoms with Gasteiger partial charge in [0.25, 0.3) is 0 Å². The Morgan fingerprint density at radius 2 is 1.69 bits per heavy atom. The summed E-state index contributed by atoms with van der Waals surface area (Å²) in [5.74, 6) is -0.351. The molecule has 0 rings (SSSR count). The summed E-state index contributed by atoms with van der Waals surface area (Å²) in [6, 6.07) is 0. The molecule has 5 heteroatoms. The number of carbonyl (C=O) groups excluding carboxylic acids is 1. The van der Waals surface area contributed by atoms with Gasteiger partial charge >= 0.3 is 0 Å². The lowest BCUT2D eigenvalue weighted by atomic mass is 9.96. The zero-order valence-electron chi connectivity index (χ0n) is 10.1. The highest BCUT2D eigenvalue weighted by Gasteiger charge is 2.31. The van der Waals surface area contributed by atoms with Crippen LogP contribution in [-0.2, 0) is 4.79 Å². The maximum absolute atomic E-state index is 11.8. The van der Waals surface area contributed by atoms with Gasteiger partial charge in [0.1, 0.15) is 5.54 Å². The van der Waals surface area contributed by atoms with Crippen molar-refractivity contribution in [1.82, 2.24) is 5.32 Å². The summed E-state index contributed by atoms with van der Waals surface area (Å²) in [5.41, 5.74) is -1.31. The number of nitrogens with one attached hydrogen (secondary N) is 1. The molecule has 4 N–H and O–H groups in total. The predicted molar refractivity (Wildman–Crippen MR) is 60.8 cm³/mol. The quantitative estimate of drug-likeness (QED) is 0.461. The SMILES string of the molecule is CCCC(CC)C(=O)NC(CO)(CO)CO. The van der Waals surface area contributed by atoms with E-state index in [0.29, 0.717) is 6.42 Å².